The molecule has 1 aliphatic carbocycles. The monoisotopic (exact) mass is 153 g/mol. The molecular weight excluding hydrogens is 142 g/mol. The van der Waals surface area contributed by atoms with Crippen LogP contribution in [-0.4, -0.2) is 0 Å². The fraction of sp³-hybridized carbons (Fsp3) is 0.500. The fourth-order valence-corrected chi connectivity index (χ4v) is 2.61. The van der Waals surface area contributed by atoms with Gasteiger partial charge in [-0.3, -0.25) is 0 Å². The van der Waals surface area contributed by atoms with E-state index in [2.05, 4.69) is 18.4 Å². The van der Waals surface area contributed by atoms with Gasteiger partial charge in [0, 0.05) is 10.9 Å². The van der Waals surface area contributed by atoms with Gasteiger partial charge in [-0.25, -0.2) is 0 Å². The van der Waals surface area contributed by atoms with Crippen molar-refractivity contribution in [1.29, 1.82) is 0 Å². The van der Waals surface area contributed by atoms with E-state index < -0.39 is 0 Å². The van der Waals surface area contributed by atoms with Gasteiger partial charge in [-0.2, -0.15) is 0 Å². The maximum atomic E-state index is 5.94. The first kappa shape index (κ1) is 6.38. The Labute approximate surface area is 64.9 Å². The van der Waals surface area contributed by atoms with Gasteiger partial charge in [-0.1, -0.05) is 6.92 Å². The molecule has 2 unspecified atom stereocenters. The molecule has 0 fully saturated rings. The Morgan fingerprint density at radius 2 is 2.50 bits per heavy atom. The van der Waals surface area contributed by atoms with Crippen LogP contribution in [0.4, 0.5) is 0 Å². The summed E-state index contributed by atoms with van der Waals surface area (Å²) in [4.78, 5) is 1.41. The van der Waals surface area contributed by atoms with Gasteiger partial charge in [0.2, 0.25) is 0 Å². The molecule has 2 N–H and O–H groups in total. The van der Waals surface area contributed by atoms with E-state index in [9.17, 15) is 0 Å². The van der Waals surface area contributed by atoms with Crippen molar-refractivity contribution < 1.29 is 0 Å². The third-order valence-electron chi connectivity index (χ3n) is 2.24. The highest BCUT2D eigenvalue weighted by atomic mass is 32.1. The van der Waals surface area contributed by atoms with Crippen molar-refractivity contribution in [3.05, 3.63) is 21.9 Å². The van der Waals surface area contributed by atoms with Crippen LogP contribution in [0.15, 0.2) is 11.4 Å². The van der Waals surface area contributed by atoms with Crippen LogP contribution >= 0.6 is 11.3 Å². The van der Waals surface area contributed by atoms with Crippen LogP contribution in [0.2, 0.25) is 0 Å². The lowest BCUT2D eigenvalue weighted by atomic mass is 10.1. The van der Waals surface area contributed by atoms with Crippen LogP contribution in [0.1, 0.15) is 23.4 Å². The first-order chi connectivity index (χ1) is 4.79. The van der Waals surface area contributed by atoms with Crippen molar-refractivity contribution in [2.24, 2.45) is 11.7 Å². The van der Waals surface area contributed by atoms with Crippen molar-refractivity contribution >= 4 is 11.3 Å². The molecule has 1 aliphatic rings. The maximum Gasteiger partial charge on any atom is 0.0421 e. The molecule has 0 spiro atoms. The lowest BCUT2D eigenvalue weighted by Crippen LogP contribution is -2.12. The Morgan fingerprint density at radius 3 is 3.20 bits per heavy atom. The van der Waals surface area contributed by atoms with E-state index in [4.69, 9.17) is 5.73 Å². The molecule has 0 radical (unpaired) electrons. The molecule has 0 aromatic carbocycles. The van der Waals surface area contributed by atoms with Crippen molar-refractivity contribution in [2.45, 2.75) is 19.4 Å². The molecule has 1 nitrogen and oxygen atoms in total. The molecule has 0 aliphatic heterocycles. The Morgan fingerprint density at radius 1 is 1.70 bits per heavy atom. The van der Waals surface area contributed by atoms with Crippen molar-refractivity contribution in [3.63, 3.8) is 0 Å². The van der Waals surface area contributed by atoms with Gasteiger partial charge in [0.25, 0.3) is 0 Å². The van der Waals surface area contributed by atoms with E-state index in [0.29, 0.717) is 12.0 Å². The molecule has 2 atom stereocenters. The standard InChI is InChI=1S/C8H11NS/c1-5-4-6-2-3-10-8(6)7(5)9/h2-3,5,7H,4,9H2,1H3. The SMILES string of the molecule is CC1Cc2ccsc2C1N. The summed E-state index contributed by atoms with van der Waals surface area (Å²) in [5.74, 6) is 0.655. The average Bonchev–Trinajstić information content (AvgIpc) is 2.41. The Bertz CT molecular complexity index is 241. The molecule has 0 bridgehead atoms. The van der Waals surface area contributed by atoms with Crippen LogP contribution in [0.3, 0.4) is 0 Å². The zero-order valence-corrected chi connectivity index (χ0v) is 6.82. The van der Waals surface area contributed by atoms with Crippen LogP contribution in [0.25, 0.3) is 0 Å². The van der Waals surface area contributed by atoms with Gasteiger partial charge >= 0.3 is 0 Å². The van der Waals surface area contributed by atoms with Crippen LogP contribution in [0.5, 0.6) is 0 Å². The lowest BCUT2D eigenvalue weighted by Gasteiger charge is -2.07. The van der Waals surface area contributed by atoms with Crippen molar-refractivity contribution in [2.75, 3.05) is 0 Å². The highest BCUT2D eigenvalue weighted by Gasteiger charge is 2.26. The molecule has 0 amide bonds. The summed E-state index contributed by atoms with van der Waals surface area (Å²) in [6, 6.07) is 2.51. The van der Waals surface area contributed by atoms with Gasteiger partial charge < -0.3 is 5.73 Å². The number of rotatable bonds is 0. The third kappa shape index (κ3) is 0.724. The van der Waals surface area contributed by atoms with Crippen LogP contribution in [0, 0.1) is 5.92 Å². The van der Waals surface area contributed by atoms with Gasteiger partial charge in [0.05, 0.1) is 0 Å². The molecule has 1 aromatic rings. The second-order valence-electron chi connectivity index (χ2n) is 3.02. The predicted molar refractivity (Wildman–Crippen MR) is 44.1 cm³/mol. The first-order valence-electron chi connectivity index (χ1n) is 3.61. The summed E-state index contributed by atoms with van der Waals surface area (Å²) in [6.45, 7) is 2.22. The minimum absolute atomic E-state index is 0.315. The molecular formula is C8H11NS. The van der Waals surface area contributed by atoms with Gasteiger partial charge in [-0.15, -0.1) is 11.3 Å². The van der Waals surface area contributed by atoms with E-state index in [1.807, 2.05) is 0 Å². The lowest BCUT2D eigenvalue weighted by molar-refractivity contribution is 0.516. The Balaban J connectivity index is 2.43. The Hall–Kier alpha value is -0.340. The predicted octanol–water partition coefficient (Wildman–Crippen LogP) is 1.94. The fourth-order valence-electron chi connectivity index (χ4n) is 1.54. The maximum absolute atomic E-state index is 5.94. The third-order valence-corrected chi connectivity index (χ3v) is 3.30. The first-order valence-corrected chi connectivity index (χ1v) is 4.49. The summed E-state index contributed by atoms with van der Waals surface area (Å²) < 4.78 is 0. The van der Waals surface area contributed by atoms with E-state index >= 15 is 0 Å². The molecule has 10 heavy (non-hydrogen) atoms. The zero-order chi connectivity index (χ0) is 7.14. The molecule has 1 heterocycles. The topological polar surface area (TPSA) is 26.0 Å². The van der Waals surface area contributed by atoms with Crippen molar-refractivity contribution in [3.8, 4) is 0 Å². The highest BCUT2D eigenvalue weighted by Crippen LogP contribution is 2.37. The summed E-state index contributed by atoms with van der Waals surface area (Å²) >= 11 is 1.80. The van der Waals surface area contributed by atoms with Gasteiger partial charge in [-0.05, 0) is 29.3 Å². The number of nitrogens with two attached hydrogens (primary N) is 1. The van der Waals surface area contributed by atoms with Crippen LogP contribution < -0.4 is 5.73 Å². The molecule has 2 heteroatoms. The summed E-state index contributed by atoms with van der Waals surface area (Å²) in [5, 5.41) is 2.14. The minimum atomic E-state index is 0.315. The molecule has 0 saturated carbocycles. The van der Waals surface area contributed by atoms with Crippen LogP contribution in [-0.2, 0) is 6.42 Å². The van der Waals surface area contributed by atoms with E-state index in [-0.39, 0.29) is 0 Å². The van der Waals surface area contributed by atoms with Gasteiger partial charge in [0.15, 0.2) is 0 Å². The van der Waals surface area contributed by atoms with E-state index in [1.54, 1.807) is 11.3 Å². The summed E-state index contributed by atoms with van der Waals surface area (Å²) in [6.07, 6.45) is 1.18. The molecule has 54 valence electrons. The summed E-state index contributed by atoms with van der Waals surface area (Å²) in [7, 11) is 0. The normalized spacial score (nSPS) is 30.6. The smallest absolute Gasteiger partial charge is 0.0421 e. The second-order valence-corrected chi connectivity index (χ2v) is 3.96. The number of fused-ring (bicyclic) bond motifs is 1. The molecule has 1 aromatic heterocycles. The second kappa shape index (κ2) is 2.07. The van der Waals surface area contributed by atoms with E-state index in [0.717, 1.165) is 0 Å². The van der Waals surface area contributed by atoms with Gasteiger partial charge in [0.1, 0.15) is 0 Å². The van der Waals surface area contributed by atoms with E-state index in [1.165, 1.54) is 16.9 Å². The summed E-state index contributed by atoms with van der Waals surface area (Å²) in [5.41, 5.74) is 7.42. The molecule has 0 saturated heterocycles. The number of thiophene rings is 1. The average molecular weight is 153 g/mol. The molecule has 2 rings (SSSR count). The quantitative estimate of drug-likeness (QED) is 0.605. The van der Waals surface area contributed by atoms with Crippen molar-refractivity contribution in [1.82, 2.24) is 0 Å². The minimum Gasteiger partial charge on any atom is -0.323 e. The zero-order valence-electron chi connectivity index (χ0n) is 6.00. The largest absolute Gasteiger partial charge is 0.323 e. The Kier molecular flexibility index (Phi) is 1.32. The highest BCUT2D eigenvalue weighted by molar-refractivity contribution is 7.10. The number of hydrogen-bond donors (Lipinski definition) is 1. The number of hydrogen-bond acceptors (Lipinski definition) is 2.